The van der Waals surface area contributed by atoms with E-state index < -0.39 is 27.8 Å². The first-order valence-corrected chi connectivity index (χ1v) is 12.0. The van der Waals surface area contributed by atoms with E-state index in [1.807, 2.05) is 0 Å². The molecule has 1 aromatic heterocycles. The molecule has 30 heavy (non-hydrogen) atoms. The maximum Gasteiger partial charge on any atom is 0.245 e. The lowest BCUT2D eigenvalue weighted by Gasteiger charge is -2.18. The number of nitrogens with zero attached hydrogens (tertiary/aromatic N) is 1. The molecule has 1 unspecified atom stereocenters. The molecule has 0 aliphatic carbocycles. The van der Waals surface area contributed by atoms with Gasteiger partial charge in [0.2, 0.25) is 15.9 Å². The summed E-state index contributed by atoms with van der Waals surface area (Å²) in [5.41, 5.74) is 0.746. The van der Waals surface area contributed by atoms with Gasteiger partial charge in [0.25, 0.3) is 0 Å². The lowest BCUT2D eigenvalue weighted by Crippen LogP contribution is -2.41. The molecular formula is C20H20ClFN2O4S2. The van der Waals surface area contributed by atoms with Gasteiger partial charge in [-0.25, -0.2) is 12.8 Å². The van der Waals surface area contributed by atoms with Crippen LogP contribution in [0.1, 0.15) is 41.9 Å². The first-order valence-electron chi connectivity index (χ1n) is 9.21. The van der Waals surface area contributed by atoms with Crippen molar-refractivity contribution in [1.82, 2.24) is 4.72 Å². The van der Waals surface area contributed by atoms with Gasteiger partial charge in [-0.2, -0.15) is 4.72 Å². The summed E-state index contributed by atoms with van der Waals surface area (Å²) in [7, 11) is -3.91. The van der Waals surface area contributed by atoms with Gasteiger partial charge in [0, 0.05) is 23.4 Å². The molecule has 1 fully saturated rings. The van der Waals surface area contributed by atoms with Gasteiger partial charge < -0.3 is 4.90 Å². The van der Waals surface area contributed by atoms with Gasteiger partial charge in [-0.15, -0.1) is 11.3 Å². The van der Waals surface area contributed by atoms with E-state index in [4.69, 9.17) is 11.6 Å². The van der Waals surface area contributed by atoms with E-state index in [0.717, 1.165) is 11.5 Å². The number of ketones is 1. The number of amides is 1. The summed E-state index contributed by atoms with van der Waals surface area (Å²) in [6, 6.07) is 6.33. The van der Waals surface area contributed by atoms with Gasteiger partial charge in [-0.3, -0.25) is 9.59 Å². The highest BCUT2D eigenvalue weighted by Crippen LogP contribution is 2.29. The van der Waals surface area contributed by atoms with Crippen molar-refractivity contribution in [1.29, 1.82) is 0 Å². The second-order valence-electron chi connectivity index (χ2n) is 6.84. The Morgan fingerprint density at radius 2 is 2.10 bits per heavy atom. The van der Waals surface area contributed by atoms with Crippen molar-refractivity contribution in [3.8, 4) is 0 Å². The number of sulfonamides is 1. The summed E-state index contributed by atoms with van der Waals surface area (Å²) in [5.74, 6) is -1.44. The van der Waals surface area contributed by atoms with E-state index in [1.165, 1.54) is 28.4 Å². The number of benzene rings is 1. The van der Waals surface area contributed by atoms with Crippen LogP contribution < -0.4 is 9.62 Å². The minimum atomic E-state index is -3.91. The fourth-order valence-corrected chi connectivity index (χ4v) is 5.55. The average Bonchev–Trinajstić information content (AvgIpc) is 3.27. The molecule has 1 N–H and O–H groups in total. The van der Waals surface area contributed by atoms with Crippen LogP contribution in [-0.2, 0) is 14.8 Å². The van der Waals surface area contributed by atoms with Gasteiger partial charge in [0.05, 0.1) is 15.4 Å². The molecule has 3 rings (SSSR count). The minimum absolute atomic E-state index is 0.0225. The van der Waals surface area contributed by atoms with Crippen LogP contribution in [0.5, 0.6) is 0 Å². The molecule has 10 heteroatoms. The Bertz CT molecular complexity index is 1130. The van der Waals surface area contributed by atoms with Gasteiger partial charge >= 0.3 is 0 Å². The maximum atomic E-state index is 14.5. The van der Waals surface area contributed by atoms with Gasteiger partial charge in [0.15, 0.2) is 5.78 Å². The zero-order valence-electron chi connectivity index (χ0n) is 16.3. The molecule has 0 saturated carbocycles. The van der Waals surface area contributed by atoms with E-state index in [1.54, 1.807) is 26.0 Å². The number of rotatable bonds is 7. The standard InChI is InChI=1S/C20H20ClFN2O4S2/c1-3-17(25)13-4-5-16(14(22)10-13)24-9-8-15(20(24)26)23-30(27,28)11-12(2)18-6-7-19(21)29-18/h4-7,10-11,15,23H,3,8-9H2,1-2H3/b12-11+. The Labute approximate surface area is 183 Å². The highest BCUT2D eigenvalue weighted by molar-refractivity contribution is 7.92. The van der Waals surface area contributed by atoms with Crippen LogP contribution in [-0.4, -0.2) is 32.7 Å². The summed E-state index contributed by atoms with van der Waals surface area (Å²) in [4.78, 5) is 26.3. The summed E-state index contributed by atoms with van der Waals surface area (Å²) in [5, 5.41) is 1.05. The van der Waals surface area contributed by atoms with Gasteiger partial charge in [-0.05, 0) is 49.2 Å². The Balaban J connectivity index is 1.74. The maximum absolute atomic E-state index is 14.5. The van der Waals surface area contributed by atoms with E-state index in [0.29, 0.717) is 14.8 Å². The predicted molar refractivity (Wildman–Crippen MR) is 117 cm³/mol. The monoisotopic (exact) mass is 470 g/mol. The zero-order chi connectivity index (χ0) is 22.1. The summed E-state index contributed by atoms with van der Waals surface area (Å²) < 4.78 is 42.4. The largest absolute Gasteiger partial charge is 0.308 e. The zero-order valence-corrected chi connectivity index (χ0v) is 18.7. The molecule has 1 aromatic carbocycles. The number of hydrogen-bond acceptors (Lipinski definition) is 5. The first-order chi connectivity index (χ1) is 14.1. The molecule has 2 heterocycles. The number of hydrogen-bond donors (Lipinski definition) is 1. The van der Waals surface area contributed by atoms with Crippen molar-refractivity contribution in [2.45, 2.75) is 32.7 Å². The van der Waals surface area contributed by atoms with E-state index in [2.05, 4.69) is 4.72 Å². The SMILES string of the molecule is CCC(=O)c1ccc(N2CCC(NS(=O)(=O)/C=C(\C)c3ccc(Cl)s3)C2=O)c(F)c1. The molecule has 1 atom stereocenters. The number of Topliss-reactive ketones (excluding diaryl/α,β-unsaturated/α-hetero) is 1. The summed E-state index contributed by atoms with van der Waals surface area (Å²) in [6.07, 6.45) is 0.445. The fraction of sp³-hybridized carbons (Fsp3) is 0.300. The molecule has 0 radical (unpaired) electrons. The van der Waals surface area contributed by atoms with Crippen LogP contribution in [0.25, 0.3) is 5.57 Å². The third kappa shape index (κ3) is 4.97. The number of halogens is 2. The van der Waals surface area contributed by atoms with Crippen molar-refractivity contribution in [3.05, 3.63) is 56.3 Å². The molecule has 1 saturated heterocycles. The number of allylic oxidation sites excluding steroid dienone is 1. The lowest BCUT2D eigenvalue weighted by molar-refractivity contribution is -0.118. The number of nitrogens with one attached hydrogen (secondary N) is 1. The summed E-state index contributed by atoms with van der Waals surface area (Å²) in [6.45, 7) is 3.48. The number of carbonyl (C=O) groups is 2. The van der Waals surface area contributed by atoms with E-state index in [-0.39, 0.29) is 36.4 Å². The number of anilines is 1. The third-order valence-corrected chi connectivity index (χ3v) is 7.33. The first kappa shape index (κ1) is 22.6. The molecule has 160 valence electrons. The van der Waals surface area contributed by atoms with Crippen LogP contribution in [0.3, 0.4) is 0 Å². The van der Waals surface area contributed by atoms with Crippen LogP contribution in [0, 0.1) is 5.82 Å². The smallest absolute Gasteiger partial charge is 0.245 e. The minimum Gasteiger partial charge on any atom is -0.308 e. The van der Waals surface area contributed by atoms with Crippen LogP contribution in [0.15, 0.2) is 35.7 Å². The second kappa shape index (κ2) is 8.97. The highest BCUT2D eigenvalue weighted by Gasteiger charge is 2.36. The average molecular weight is 471 g/mol. The highest BCUT2D eigenvalue weighted by atomic mass is 35.5. The number of thiophene rings is 1. The predicted octanol–water partition coefficient (Wildman–Crippen LogP) is 4.22. The second-order valence-corrected chi connectivity index (χ2v) is 10.1. The van der Waals surface area contributed by atoms with Crippen LogP contribution >= 0.6 is 22.9 Å². The van der Waals surface area contributed by atoms with Crippen LogP contribution in [0.4, 0.5) is 10.1 Å². The molecule has 2 aromatic rings. The Morgan fingerprint density at radius 3 is 2.70 bits per heavy atom. The summed E-state index contributed by atoms with van der Waals surface area (Å²) >= 11 is 7.13. The molecule has 1 amide bonds. The Morgan fingerprint density at radius 1 is 1.37 bits per heavy atom. The molecule has 0 spiro atoms. The van der Waals surface area contributed by atoms with Gasteiger partial charge in [-0.1, -0.05) is 18.5 Å². The molecule has 1 aliphatic rings. The topological polar surface area (TPSA) is 83.6 Å². The molecule has 1 aliphatic heterocycles. The van der Waals surface area contributed by atoms with Crippen molar-refractivity contribution in [2.75, 3.05) is 11.4 Å². The quantitative estimate of drug-likeness (QED) is 0.614. The van der Waals surface area contributed by atoms with E-state index >= 15 is 0 Å². The Hall–Kier alpha value is -2.07. The van der Waals surface area contributed by atoms with E-state index in [9.17, 15) is 22.4 Å². The molecule has 0 bridgehead atoms. The molecule has 6 nitrogen and oxygen atoms in total. The van der Waals surface area contributed by atoms with Gasteiger partial charge in [0.1, 0.15) is 11.9 Å². The fourth-order valence-electron chi connectivity index (χ4n) is 3.18. The Kier molecular flexibility index (Phi) is 6.76. The third-order valence-electron chi connectivity index (χ3n) is 4.69. The van der Waals surface area contributed by atoms with Crippen molar-refractivity contribution in [2.24, 2.45) is 0 Å². The number of carbonyl (C=O) groups excluding carboxylic acids is 2. The van der Waals surface area contributed by atoms with Crippen LogP contribution in [0.2, 0.25) is 4.34 Å². The van der Waals surface area contributed by atoms with Crippen molar-refractivity contribution < 1.29 is 22.4 Å². The lowest BCUT2D eigenvalue weighted by atomic mass is 10.1. The van der Waals surface area contributed by atoms with Crippen molar-refractivity contribution >= 4 is 55.9 Å². The van der Waals surface area contributed by atoms with Crippen molar-refractivity contribution in [3.63, 3.8) is 0 Å². The molecular weight excluding hydrogens is 451 g/mol. The normalized spacial score (nSPS) is 17.6.